The highest BCUT2D eigenvalue weighted by Crippen LogP contribution is 2.43. The summed E-state index contributed by atoms with van der Waals surface area (Å²) < 4.78 is 5.42. The molecule has 2 bridgehead atoms. The van der Waals surface area contributed by atoms with Crippen molar-refractivity contribution >= 4 is 6.09 Å². The van der Waals surface area contributed by atoms with E-state index >= 15 is 0 Å². The molecule has 1 heterocycles. The first-order valence-corrected chi connectivity index (χ1v) is 8.79. The second-order valence-electron chi connectivity index (χ2n) is 7.89. The fourth-order valence-electron chi connectivity index (χ4n) is 4.22. The van der Waals surface area contributed by atoms with Crippen LogP contribution in [0.3, 0.4) is 0 Å². The molecule has 1 amide bonds. The van der Waals surface area contributed by atoms with E-state index in [0.29, 0.717) is 0 Å². The van der Waals surface area contributed by atoms with Crippen molar-refractivity contribution < 1.29 is 14.6 Å². The summed E-state index contributed by atoms with van der Waals surface area (Å²) in [5.41, 5.74) is 0.737. The molecule has 24 heavy (non-hydrogen) atoms. The number of carbonyl (C=O) groups is 1. The monoisotopic (exact) mass is 332 g/mol. The van der Waals surface area contributed by atoms with E-state index in [0.717, 1.165) is 19.4 Å². The van der Waals surface area contributed by atoms with Gasteiger partial charge < -0.3 is 15.2 Å². The SMILES string of the molecule is CC(C)(C)OC(=O)N[C@@H]1[C@@H]2CC[C@H]1N(Cc1ccccc1)[C@H]2CO. The van der Waals surface area contributed by atoms with E-state index in [1.54, 1.807) is 0 Å². The Morgan fingerprint density at radius 1 is 1.29 bits per heavy atom. The minimum Gasteiger partial charge on any atom is -0.444 e. The summed E-state index contributed by atoms with van der Waals surface area (Å²) in [4.78, 5) is 14.5. The van der Waals surface area contributed by atoms with Crippen LogP contribution in [0.15, 0.2) is 30.3 Å². The largest absolute Gasteiger partial charge is 0.444 e. The molecule has 1 aliphatic carbocycles. The first kappa shape index (κ1) is 17.2. The smallest absolute Gasteiger partial charge is 0.407 e. The van der Waals surface area contributed by atoms with E-state index in [-0.39, 0.29) is 36.7 Å². The Hall–Kier alpha value is -1.59. The number of hydrogen-bond donors (Lipinski definition) is 2. The molecule has 0 unspecified atom stereocenters. The molecule has 5 nitrogen and oxygen atoms in total. The van der Waals surface area contributed by atoms with Gasteiger partial charge in [-0.05, 0) is 45.1 Å². The zero-order valence-electron chi connectivity index (χ0n) is 14.7. The topological polar surface area (TPSA) is 61.8 Å². The van der Waals surface area contributed by atoms with Gasteiger partial charge in [0.2, 0.25) is 0 Å². The highest BCUT2D eigenvalue weighted by atomic mass is 16.6. The first-order valence-electron chi connectivity index (χ1n) is 8.79. The Morgan fingerprint density at radius 3 is 2.62 bits per heavy atom. The molecule has 1 aromatic rings. The maximum atomic E-state index is 12.2. The molecule has 132 valence electrons. The molecule has 5 heteroatoms. The number of benzene rings is 1. The van der Waals surface area contributed by atoms with E-state index in [9.17, 15) is 9.90 Å². The molecule has 1 aliphatic heterocycles. The maximum absolute atomic E-state index is 12.2. The third kappa shape index (κ3) is 3.57. The molecule has 1 saturated heterocycles. The number of hydrogen-bond acceptors (Lipinski definition) is 4. The fourth-order valence-corrected chi connectivity index (χ4v) is 4.22. The van der Waals surface area contributed by atoms with Gasteiger partial charge in [0.25, 0.3) is 0 Å². The van der Waals surface area contributed by atoms with Gasteiger partial charge in [-0.15, -0.1) is 0 Å². The van der Waals surface area contributed by atoms with Crippen LogP contribution in [0.4, 0.5) is 4.79 Å². The summed E-state index contributed by atoms with van der Waals surface area (Å²) in [5.74, 6) is 0.288. The van der Waals surface area contributed by atoms with Gasteiger partial charge >= 0.3 is 6.09 Å². The lowest BCUT2D eigenvalue weighted by atomic mass is 9.97. The number of alkyl carbamates (subject to hydrolysis) is 1. The Kier molecular flexibility index (Phi) is 4.83. The number of ether oxygens (including phenoxy) is 1. The molecule has 1 aromatic carbocycles. The number of aliphatic hydroxyl groups is 1. The van der Waals surface area contributed by atoms with Crippen LogP contribution in [0, 0.1) is 5.92 Å². The van der Waals surface area contributed by atoms with Crippen molar-refractivity contribution in [2.75, 3.05) is 6.61 Å². The van der Waals surface area contributed by atoms with Crippen molar-refractivity contribution in [3.63, 3.8) is 0 Å². The summed E-state index contributed by atoms with van der Waals surface area (Å²) in [5, 5.41) is 13.0. The number of fused-ring (bicyclic) bond motifs is 2. The lowest BCUT2D eigenvalue weighted by Crippen LogP contribution is -2.45. The predicted octanol–water partition coefficient (Wildman–Crippen LogP) is 2.54. The molecule has 2 fully saturated rings. The van der Waals surface area contributed by atoms with Crippen LogP contribution in [-0.4, -0.2) is 46.4 Å². The number of aliphatic hydroxyl groups excluding tert-OH is 1. The summed E-state index contributed by atoms with van der Waals surface area (Å²) in [6, 6.07) is 10.7. The van der Waals surface area contributed by atoms with Crippen molar-refractivity contribution in [3.05, 3.63) is 35.9 Å². The standard InChI is InChI=1S/C19H28N2O3/c1-19(2,3)24-18(23)20-17-14-9-10-15(17)21(16(14)12-22)11-13-7-5-4-6-8-13/h4-8,14-17,22H,9-12H2,1-3H3,(H,20,23)/t14-,15-,16+,17-/m1/s1. The normalized spacial score (nSPS) is 29.7. The molecule has 2 aliphatic rings. The number of likely N-dealkylation sites (tertiary alicyclic amines) is 1. The number of amides is 1. The average Bonchev–Trinajstić information content (AvgIpc) is 3.01. The van der Waals surface area contributed by atoms with Crippen molar-refractivity contribution in [2.24, 2.45) is 5.92 Å². The van der Waals surface area contributed by atoms with Gasteiger partial charge in [-0.25, -0.2) is 4.79 Å². The molecule has 0 spiro atoms. The molecule has 3 rings (SSSR count). The van der Waals surface area contributed by atoms with Gasteiger partial charge in [0, 0.05) is 18.6 Å². The van der Waals surface area contributed by atoms with Crippen LogP contribution >= 0.6 is 0 Å². The van der Waals surface area contributed by atoms with Crippen LogP contribution in [-0.2, 0) is 11.3 Å². The Bertz CT molecular complexity index is 570. The van der Waals surface area contributed by atoms with Crippen LogP contribution in [0.2, 0.25) is 0 Å². The van der Waals surface area contributed by atoms with Gasteiger partial charge in [0.1, 0.15) is 5.60 Å². The Labute approximate surface area is 144 Å². The van der Waals surface area contributed by atoms with Crippen molar-refractivity contribution in [1.82, 2.24) is 10.2 Å². The zero-order chi connectivity index (χ0) is 17.3. The summed E-state index contributed by atoms with van der Waals surface area (Å²) in [6.07, 6.45) is 1.73. The van der Waals surface area contributed by atoms with Crippen LogP contribution in [0.1, 0.15) is 39.2 Å². The molecule has 0 radical (unpaired) electrons. The Morgan fingerprint density at radius 2 is 2.00 bits per heavy atom. The average molecular weight is 332 g/mol. The van der Waals surface area contributed by atoms with Crippen molar-refractivity contribution in [3.8, 4) is 0 Å². The van der Waals surface area contributed by atoms with E-state index in [1.807, 2.05) is 39.0 Å². The maximum Gasteiger partial charge on any atom is 0.407 e. The number of nitrogens with zero attached hydrogens (tertiary/aromatic N) is 1. The van der Waals surface area contributed by atoms with Crippen LogP contribution < -0.4 is 5.32 Å². The predicted molar refractivity (Wildman–Crippen MR) is 92.5 cm³/mol. The first-order chi connectivity index (χ1) is 11.4. The molecular weight excluding hydrogens is 304 g/mol. The number of carbonyl (C=O) groups excluding carboxylic acids is 1. The number of piperidine rings is 1. The second kappa shape index (κ2) is 6.73. The van der Waals surface area contributed by atoms with Gasteiger partial charge in [0.15, 0.2) is 0 Å². The minimum atomic E-state index is -0.498. The zero-order valence-corrected chi connectivity index (χ0v) is 14.7. The Balaban J connectivity index is 1.70. The van der Waals surface area contributed by atoms with Gasteiger partial charge in [0.05, 0.1) is 12.6 Å². The van der Waals surface area contributed by atoms with Crippen molar-refractivity contribution in [1.29, 1.82) is 0 Å². The second-order valence-corrected chi connectivity index (χ2v) is 7.89. The van der Waals surface area contributed by atoms with Gasteiger partial charge in [-0.1, -0.05) is 30.3 Å². The van der Waals surface area contributed by atoms with Crippen LogP contribution in [0.5, 0.6) is 0 Å². The molecule has 0 aromatic heterocycles. The van der Waals surface area contributed by atoms with E-state index in [4.69, 9.17) is 4.74 Å². The number of rotatable bonds is 4. The van der Waals surface area contributed by atoms with E-state index in [1.165, 1.54) is 5.56 Å². The van der Waals surface area contributed by atoms with Gasteiger partial charge in [-0.3, -0.25) is 4.90 Å². The highest BCUT2D eigenvalue weighted by Gasteiger charge is 2.53. The quantitative estimate of drug-likeness (QED) is 0.889. The molecule has 2 N–H and O–H groups in total. The van der Waals surface area contributed by atoms with Gasteiger partial charge in [-0.2, -0.15) is 0 Å². The summed E-state index contributed by atoms with van der Waals surface area (Å²) in [6.45, 7) is 6.54. The fraction of sp³-hybridized carbons (Fsp3) is 0.632. The number of nitrogens with one attached hydrogen (secondary N) is 1. The highest BCUT2D eigenvalue weighted by molar-refractivity contribution is 5.68. The lowest BCUT2D eigenvalue weighted by Gasteiger charge is -2.33. The third-order valence-corrected chi connectivity index (χ3v) is 5.10. The third-order valence-electron chi connectivity index (χ3n) is 5.10. The van der Waals surface area contributed by atoms with Crippen LogP contribution in [0.25, 0.3) is 0 Å². The summed E-state index contributed by atoms with van der Waals surface area (Å²) in [7, 11) is 0. The lowest BCUT2D eigenvalue weighted by molar-refractivity contribution is 0.0492. The summed E-state index contributed by atoms with van der Waals surface area (Å²) >= 11 is 0. The molecular formula is C19H28N2O3. The van der Waals surface area contributed by atoms with Crippen molar-refractivity contribution in [2.45, 2.75) is 63.9 Å². The molecule has 1 saturated carbocycles. The molecule has 4 atom stereocenters. The van der Waals surface area contributed by atoms with E-state index < -0.39 is 5.60 Å². The van der Waals surface area contributed by atoms with E-state index in [2.05, 4.69) is 22.3 Å². The minimum absolute atomic E-state index is 0.0562.